The van der Waals surface area contributed by atoms with Gasteiger partial charge in [0.1, 0.15) is 5.01 Å². The van der Waals surface area contributed by atoms with Gasteiger partial charge in [-0.25, -0.2) is 4.98 Å². The highest BCUT2D eigenvalue weighted by atomic mass is 32.1. The van der Waals surface area contributed by atoms with Gasteiger partial charge in [-0.05, 0) is 30.2 Å². The van der Waals surface area contributed by atoms with E-state index in [-0.39, 0.29) is 12.8 Å². The van der Waals surface area contributed by atoms with Crippen molar-refractivity contribution in [1.82, 2.24) is 15.2 Å². The molecular formula is C20H17N3O3S. The van der Waals surface area contributed by atoms with E-state index in [1.807, 2.05) is 6.07 Å². The Labute approximate surface area is 159 Å². The third-order valence-corrected chi connectivity index (χ3v) is 5.20. The predicted octanol–water partition coefficient (Wildman–Crippen LogP) is 4.26. The van der Waals surface area contributed by atoms with Gasteiger partial charge in [-0.2, -0.15) is 0 Å². The monoisotopic (exact) mass is 379 g/mol. The van der Waals surface area contributed by atoms with Crippen molar-refractivity contribution < 1.29 is 14.3 Å². The van der Waals surface area contributed by atoms with Crippen LogP contribution in [0.5, 0.6) is 0 Å². The normalized spacial score (nSPS) is 11.1. The molecule has 0 amide bonds. The molecule has 1 N–H and O–H groups in total. The van der Waals surface area contributed by atoms with E-state index in [1.165, 1.54) is 11.1 Å². The standard InChI is InChI=1S/C20H17N3O3S/c1-12-2-4-13(5-3-12)14-6-7-15-16(10-14)27-19(21-15)11-18-23-22-17(26-18)8-9-20(24)25/h2-7,10H,8-9,11H2,1H3,(H,24,25). The van der Waals surface area contributed by atoms with Gasteiger partial charge in [0.25, 0.3) is 0 Å². The van der Waals surface area contributed by atoms with Gasteiger partial charge >= 0.3 is 5.97 Å². The van der Waals surface area contributed by atoms with E-state index in [0.29, 0.717) is 18.2 Å². The van der Waals surface area contributed by atoms with Crippen molar-refractivity contribution in [1.29, 1.82) is 0 Å². The van der Waals surface area contributed by atoms with Crippen LogP contribution in [0.1, 0.15) is 28.8 Å². The summed E-state index contributed by atoms with van der Waals surface area (Å²) in [4.78, 5) is 15.3. The van der Waals surface area contributed by atoms with Gasteiger partial charge < -0.3 is 9.52 Å². The van der Waals surface area contributed by atoms with Gasteiger partial charge in [0.05, 0.1) is 23.1 Å². The molecule has 0 atom stereocenters. The average molecular weight is 379 g/mol. The summed E-state index contributed by atoms with van der Waals surface area (Å²) < 4.78 is 6.62. The number of rotatable bonds is 6. The third kappa shape index (κ3) is 4.03. The summed E-state index contributed by atoms with van der Waals surface area (Å²) in [6.45, 7) is 2.08. The number of aryl methyl sites for hydroxylation is 2. The molecule has 27 heavy (non-hydrogen) atoms. The molecule has 7 heteroatoms. The van der Waals surface area contributed by atoms with Crippen molar-refractivity contribution in [2.75, 3.05) is 0 Å². The molecule has 4 aromatic rings. The molecular weight excluding hydrogens is 362 g/mol. The van der Waals surface area contributed by atoms with Crippen molar-refractivity contribution >= 4 is 27.5 Å². The first kappa shape index (κ1) is 17.4. The molecule has 0 fully saturated rings. The van der Waals surface area contributed by atoms with Crippen LogP contribution in [0.25, 0.3) is 21.3 Å². The van der Waals surface area contributed by atoms with E-state index in [0.717, 1.165) is 20.8 Å². The molecule has 2 aromatic carbocycles. The number of fused-ring (bicyclic) bond motifs is 1. The number of nitrogens with zero attached hydrogens (tertiary/aromatic N) is 3. The predicted molar refractivity (Wildman–Crippen MR) is 103 cm³/mol. The molecule has 6 nitrogen and oxygen atoms in total. The lowest BCUT2D eigenvalue weighted by Gasteiger charge is -2.01. The molecule has 0 saturated heterocycles. The van der Waals surface area contributed by atoms with Crippen LogP contribution < -0.4 is 0 Å². The number of aromatic nitrogens is 3. The number of carbonyl (C=O) groups is 1. The second-order valence-electron chi connectivity index (χ2n) is 6.32. The quantitative estimate of drug-likeness (QED) is 0.538. The van der Waals surface area contributed by atoms with E-state index < -0.39 is 5.97 Å². The minimum Gasteiger partial charge on any atom is -0.481 e. The Morgan fingerprint density at radius 1 is 1.07 bits per heavy atom. The van der Waals surface area contributed by atoms with Gasteiger partial charge in [-0.3, -0.25) is 4.79 Å². The SMILES string of the molecule is Cc1ccc(-c2ccc3nc(Cc4nnc(CCC(=O)O)o4)sc3c2)cc1. The maximum atomic E-state index is 10.6. The number of hydrogen-bond donors (Lipinski definition) is 1. The van der Waals surface area contributed by atoms with Crippen LogP contribution in [0.2, 0.25) is 0 Å². The van der Waals surface area contributed by atoms with Crippen LogP contribution >= 0.6 is 11.3 Å². The fraction of sp³-hybridized carbons (Fsp3) is 0.200. The number of carboxylic acids is 1. The number of hydrogen-bond acceptors (Lipinski definition) is 6. The highest BCUT2D eigenvalue weighted by Gasteiger charge is 2.12. The number of carboxylic acid groups (broad SMARTS) is 1. The van der Waals surface area contributed by atoms with E-state index in [1.54, 1.807) is 11.3 Å². The topological polar surface area (TPSA) is 89.1 Å². The van der Waals surface area contributed by atoms with Crippen LogP contribution in [0.3, 0.4) is 0 Å². The lowest BCUT2D eigenvalue weighted by molar-refractivity contribution is -0.137. The van der Waals surface area contributed by atoms with E-state index >= 15 is 0 Å². The van der Waals surface area contributed by atoms with Gasteiger partial charge in [0.2, 0.25) is 11.8 Å². The number of benzene rings is 2. The summed E-state index contributed by atoms with van der Waals surface area (Å²) in [7, 11) is 0. The molecule has 0 saturated carbocycles. The van der Waals surface area contributed by atoms with Crippen LogP contribution in [-0.2, 0) is 17.6 Å². The summed E-state index contributed by atoms with van der Waals surface area (Å²) in [6, 6.07) is 14.7. The second-order valence-corrected chi connectivity index (χ2v) is 7.43. The van der Waals surface area contributed by atoms with Crippen molar-refractivity contribution in [3.63, 3.8) is 0 Å². The maximum absolute atomic E-state index is 10.6. The Kier molecular flexibility index (Phi) is 4.68. The third-order valence-electron chi connectivity index (χ3n) is 4.18. The molecule has 0 spiro atoms. The molecule has 0 unspecified atom stereocenters. The van der Waals surface area contributed by atoms with E-state index in [2.05, 4.69) is 58.5 Å². The van der Waals surface area contributed by atoms with Crippen LogP contribution in [0, 0.1) is 6.92 Å². The largest absolute Gasteiger partial charge is 0.481 e. The number of aliphatic carboxylic acids is 1. The van der Waals surface area contributed by atoms with Crippen molar-refractivity contribution in [3.8, 4) is 11.1 Å². The van der Waals surface area contributed by atoms with Crippen molar-refractivity contribution in [2.45, 2.75) is 26.2 Å². The lowest BCUT2D eigenvalue weighted by Crippen LogP contribution is -1.97. The molecule has 2 heterocycles. The zero-order valence-electron chi connectivity index (χ0n) is 14.7. The van der Waals surface area contributed by atoms with Crippen LogP contribution in [0.4, 0.5) is 0 Å². The first-order chi connectivity index (χ1) is 13.1. The first-order valence-corrected chi connectivity index (χ1v) is 9.38. The van der Waals surface area contributed by atoms with Gasteiger partial charge in [-0.1, -0.05) is 35.9 Å². The van der Waals surface area contributed by atoms with E-state index in [9.17, 15) is 4.79 Å². The first-order valence-electron chi connectivity index (χ1n) is 8.56. The zero-order chi connectivity index (χ0) is 18.8. The Bertz CT molecular complexity index is 1100. The van der Waals surface area contributed by atoms with Gasteiger partial charge in [0, 0.05) is 6.42 Å². The summed E-state index contributed by atoms with van der Waals surface area (Å²) in [5.41, 5.74) is 4.52. The highest BCUT2D eigenvalue weighted by molar-refractivity contribution is 7.18. The Morgan fingerprint density at radius 3 is 2.59 bits per heavy atom. The average Bonchev–Trinajstić information content (AvgIpc) is 3.26. The Hall–Kier alpha value is -3.06. The fourth-order valence-electron chi connectivity index (χ4n) is 2.78. The van der Waals surface area contributed by atoms with Gasteiger partial charge in [0.15, 0.2) is 0 Å². The maximum Gasteiger partial charge on any atom is 0.303 e. The van der Waals surface area contributed by atoms with Gasteiger partial charge in [-0.15, -0.1) is 21.5 Å². The Morgan fingerprint density at radius 2 is 1.81 bits per heavy atom. The molecule has 0 aliphatic carbocycles. The second kappa shape index (κ2) is 7.28. The van der Waals surface area contributed by atoms with Crippen molar-refractivity contribution in [3.05, 3.63) is 64.8 Å². The molecule has 0 aliphatic rings. The molecule has 0 bridgehead atoms. The lowest BCUT2D eigenvalue weighted by atomic mass is 10.0. The minimum absolute atomic E-state index is 0.0233. The van der Waals surface area contributed by atoms with Crippen LogP contribution in [-0.4, -0.2) is 26.3 Å². The van der Waals surface area contributed by atoms with E-state index in [4.69, 9.17) is 9.52 Å². The highest BCUT2D eigenvalue weighted by Crippen LogP contribution is 2.29. The number of thiazole rings is 1. The molecule has 4 rings (SSSR count). The fourth-order valence-corrected chi connectivity index (χ4v) is 3.78. The summed E-state index contributed by atoms with van der Waals surface area (Å²) in [6.07, 6.45) is 0.659. The van der Waals surface area contributed by atoms with Crippen molar-refractivity contribution in [2.24, 2.45) is 0 Å². The molecule has 2 aromatic heterocycles. The summed E-state index contributed by atoms with van der Waals surface area (Å²) >= 11 is 1.60. The smallest absolute Gasteiger partial charge is 0.303 e. The summed E-state index contributed by atoms with van der Waals surface area (Å²) in [5.74, 6) is -0.0892. The Balaban J connectivity index is 1.53. The molecule has 0 aliphatic heterocycles. The molecule has 0 radical (unpaired) electrons. The zero-order valence-corrected chi connectivity index (χ0v) is 15.5. The van der Waals surface area contributed by atoms with Crippen LogP contribution in [0.15, 0.2) is 46.9 Å². The minimum atomic E-state index is -0.884. The summed E-state index contributed by atoms with van der Waals surface area (Å²) in [5, 5.41) is 17.5. The molecule has 136 valence electrons.